The number of nitrogen functional groups attached to an aromatic ring is 1. The van der Waals surface area contributed by atoms with Gasteiger partial charge in [0.05, 0.1) is 0 Å². The molecule has 0 bridgehead atoms. The fourth-order valence-corrected chi connectivity index (χ4v) is 2.33. The summed E-state index contributed by atoms with van der Waals surface area (Å²) in [6, 6.07) is 11.9. The average molecular weight is 273 g/mol. The predicted octanol–water partition coefficient (Wildman–Crippen LogP) is 4.33. The summed E-state index contributed by atoms with van der Waals surface area (Å²) in [5.74, 6) is 0. The van der Waals surface area contributed by atoms with Crippen molar-refractivity contribution >= 4 is 43.1 Å². The summed E-state index contributed by atoms with van der Waals surface area (Å²) in [7, 11) is 0. The lowest BCUT2D eigenvalue weighted by atomic mass is 10.1. The van der Waals surface area contributed by atoms with Gasteiger partial charge in [0.2, 0.25) is 0 Å². The normalized spacial score (nSPS) is 11.1. The van der Waals surface area contributed by atoms with Gasteiger partial charge < -0.3 is 5.73 Å². The molecule has 0 aliphatic rings. The van der Waals surface area contributed by atoms with Crippen LogP contribution >= 0.6 is 25.3 Å². The molecule has 0 aliphatic carbocycles. The van der Waals surface area contributed by atoms with E-state index >= 15 is 0 Å². The number of hydrogen-bond donors (Lipinski definition) is 3. The topological polar surface area (TPSA) is 26.0 Å². The highest BCUT2D eigenvalue weighted by atomic mass is 32.1. The van der Waals surface area contributed by atoms with Gasteiger partial charge in [-0.05, 0) is 41.8 Å². The van der Waals surface area contributed by atoms with Crippen molar-refractivity contribution in [2.75, 3.05) is 5.73 Å². The van der Waals surface area contributed by atoms with Crippen LogP contribution in [0.4, 0.5) is 5.69 Å². The molecule has 18 heavy (non-hydrogen) atoms. The number of hydrogen-bond acceptors (Lipinski definition) is 3. The molecule has 2 N–H and O–H groups in total. The summed E-state index contributed by atoms with van der Waals surface area (Å²) in [5.41, 5.74) is 9.76. The molecule has 1 nitrogen and oxygen atoms in total. The zero-order valence-electron chi connectivity index (χ0n) is 10.1. The molecule has 0 aromatic heterocycles. The zero-order chi connectivity index (χ0) is 13.1. The lowest BCUT2D eigenvalue weighted by Gasteiger charge is -2.03. The number of aryl methyl sites for hydroxylation is 1. The van der Waals surface area contributed by atoms with E-state index in [9.17, 15) is 0 Å². The van der Waals surface area contributed by atoms with Crippen molar-refractivity contribution in [3.63, 3.8) is 0 Å². The molecule has 0 radical (unpaired) electrons. The standard InChI is InChI=1S/C15H15NS2/c1-10-2-3-11(14(17)8-10)4-5-12-6-7-13(16)9-15(12)18/h2-9,17-18H,16H2,1H3/b5-4+. The first kappa shape index (κ1) is 13.1. The summed E-state index contributed by atoms with van der Waals surface area (Å²) in [4.78, 5) is 1.85. The van der Waals surface area contributed by atoms with E-state index in [0.29, 0.717) is 0 Å². The molecule has 92 valence electrons. The molecule has 0 fully saturated rings. The molecule has 0 amide bonds. The maximum atomic E-state index is 5.69. The fourth-order valence-electron chi connectivity index (χ4n) is 1.68. The van der Waals surface area contributed by atoms with Crippen LogP contribution in [0, 0.1) is 6.92 Å². The summed E-state index contributed by atoms with van der Waals surface area (Å²) in [5, 5.41) is 0. The molecule has 0 aliphatic heterocycles. The lowest BCUT2D eigenvalue weighted by Crippen LogP contribution is -1.85. The minimum absolute atomic E-state index is 0.724. The summed E-state index contributed by atoms with van der Waals surface area (Å²) >= 11 is 8.87. The van der Waals surface area contributed by atoms with E-state index in [-0.39, 0.29) is 0 Å². The Labute approximate surface area is 119 Å². The molecule has 2 aromatic rings. The quantitative estimate of drug-likeness (QED) is 0.424. The second-order valence-electron chi connectivity index (χ2n) is 4.21. The highest BCUT2D eigenvalue weighted by Gasteiger charge is 1.98. The van der Waals surface area contributed by atoms with E-state index in [2.05, 4.69) is 44.3 Å². The average Bonchev–Trinajstić information content (AvgIpc) is 2.30. The van der Waals surface area contributed by atoms with Crippen LogP contribution in [0.2, 0.25) is 0 Å². The summed E-state index contributed by atoms with van der Waals surface area (Å²) in [6.07, 6.45) is 4.05. The van der Waals surface area contributed by atoms with E-state index in [1.165, 1.54) is 5.56 Å². The monoisotopic (exact) mass is 273 g/mol. The molecule has 2 rings (SSSR count). The van der Waals surface area contributed by atoms with Gasteiger partial charge in [0.25, 0.3) is 0 Å². The van der Waals surface area contributed by atoms with Crippen molar-refractivity contribution in [3.8, 4) is 0 Å². The molecule has 0 saturated heterocycles. The minimum atomic E-state index is 0.724. The largest absolute Gasteiger partial charge is 0.399 e. The van der Waals surface area contributed by atoms with Gasteiger partial charge in [-0.25, -0.2) is 0 Å². The van der Waals surface area contributed by atoms with Crippen LogP contribution in [-0.4, -0.2) is 0 Å². The van der Waals surface area contributed by atoms with Gasteiger partial charge in [-0.3, -0.25) is 0 Å². The Bertz CT molecular complexity index is 550. The Morgan fingerprint density at radius 2 is 1.44 bits per heavy atom. The highest BCUT2D eigenvalue weighted by Crippen LogP contribution is 2.22. The Balaban J connectivity index is 2.30. The number of rotatable bonds is 2. The van der Waals surface area contributed by atoms with Crippen molar-refractivity contribution < 1.29 is 0 Å². The Kier molecular flexibility index (Phi) is 4.04. The number of nitrogens with two attached hydrogens (primary N) is 1. The summed E-state index contributed by atoms with van der Waals surface area (Å²) in [6.45, 7) is 2.05. The smallest absolute Gasteiger partial charge is 0.0325 e. The van der Waals surface area contributed by atoms with E-state index in [4.69, 9.17) is 5.73 Å². The molecular formula is C15H15NS2. The summed E-state index contributed by atoms with van der Waals surface area (Å²) < 4.78 is 0. The SMILES string of the molecule is Cc1ccc(/C=C/c2ccc(N)cc2S)c(S)c1. The zero-order valence-corrected chi connectivity index (χ0v) is 11.9. The molecule has 3 heteroatoms. The van der Waals surface area contributed by atoms with Gasteiger partial charge in [0, 0.05) is 15.5 Å². The maximum absolute atomic E-state index is 5.69. The van der Waals surface area contributed by atoms with Crippen LogP contribution in [0.5, 0.6) is 0 Å². The molecule has 0 spiro atoms. The van der Waals surface area contributed by atoms with E-state index < -0.39 is 0 Å². The van der Waals surface area contributed by atoms with Crippen molar-refractivity contribution in [3.05, 3.63) is 53.1 Å². The van der Waals surface area contributed by atoms with Gasteiger partial charge in [-0.2, -0.15) is 0 Å². The molecule has 0 saturated carbocycles. The Hall–Kier alpha value is -1.32. The van der Waals surface area contributed by atoms with Crippen LogP contribution in [0.3, 0.4) is 0 Å². The Morgan fingerprint density at radius 1 is 0.889 bits per heavy atom. The Morgan fingerprint density at radius 3 is 2.00 bits per heavy atom. The fraction of sp³-hybridized carbons (Fsp3) is 0.0667. The first-order chi connectivity index (χ1) is 8.56. The first-order valence-corrected chi connectivity index (χ1v) is 6.52. The van der Waals surface area contributed by atoms with Gasteiger partial charge in [-0.1, -0.05) is 30.4 Å². The number of thiol groups is 2. The van der Waals surface area contributed by atoms with Crippen LogP contribution in [0.15, 0.2) is 46.2 Å². The maximum Gasteiger partial charge on any atom is 0.0325 e. The van der Waals surface area contributed by atoms with E-state index in [1.807, 2.05) is 36.4 Å². The molecular weight excluding hydrogens is 258 g/mol. The third-order valence-corrected chi connectivity index (χ3v) is 3.46. The van der Waals surface area contributed by atoms with Crippen LogP contribution < -0.4 is 5.73 Å². The van der Waals surface area contributed by atoms with Crippen molar-refractivity contribution in [1.82, 2.24) is 0 Å². The molecule has 2 aromatic carbocycles. The van der Waals surface area contributed by atoms with Crippen LogP contribution in [-0.2, 0) is 0 Å². The molecule has 0 heterocycles. The van der Waals surface area contributed by atoms with Crippen molar-refractivity contribution in [1.29, 1.82) is 0 Å². The van der Waals surface area contributed by atoms with Crippen LogP contribution in [0.1, 0.15) is 16.7 Å². The molecule has 0 unspecified atom stereocenters. The number of anilines is 1. The van der Waals surface area contributed by atoms with Gasteiger partial charge in [0.15, 0.2) is 0 Å². The van der Waals surface area contributed by atoms with Gasteiger partial charge >= 0.3 is 0 Å². The second-order valence-corrected chi connectivity index (χ2v) is 5.18. The van der Waals surface area contributed by atoms with E-state index in [1.54, 1.807) is 0 Å². The molecule has 0 atom stereocenters. The number of benzene rings is 2. The first-order valence-electron chi connectivity index (χ1n) is 5.62. The third kappa shape index (κ3) is 3.12. The van der Waals surface area contributed by atoms with Crippen LogP contribution in [0.25, 0.3) is 12.2 Å². The van der Waals surface area contributed by atoms with Gasteiger partial charge in [-0.15, -0.1) is 25.3 Å². The van der Waals surface area contributed by atoms with E-state index in [0.717, 1.165) is 26.6 Å². The van der Waals surface area contributed by atoms with Gasteiger partial charge in [0.1, 0.15) is 0 Å². The lowest BCUT2D eigenvalue weighted by molar-refractivity contribution is 1.35. The van der Waals surface area contributed by atoms with Crippen molar-refractivity contribution in [2.45, 2.75) is 16.7 Å². The minimum Gasteiger partial charge on any atom is -0.399 e. The third-order valence-electron chi connectivity index (χ3n) is 2.68. The highest BCUT2D eigenvalue weighted by molar-refractivity contribution is 7.80. The van der Waals surface area contributed by atoms with Crippen molar-refractivity contribution in [2.24, 2.45) is 0 Å². The predicted molar refractivity (Wildman–Crippen MR) is 85.5 cm³/mol. The second kappa shape index (κ2) is 5.55.